The molecule has 0 aliphatic carbocycles. The van der Waals surface area contributed by atoms with E-state index in [4.69, 9.17) is 28.7 Å². The molecule has 16 nitrogen and oxygen atoms in total. The molecule has 0 fully saturated rings. The second kappa shape index (κ2) is 18.1. The molecule has 0 radical (unpaired) electrons. The maximum atomic E-state index is 13.6. The summed E-state index contributed by atoms with van der Waals surface area (Å²) in [7, 11) is 0. The van der Waals surface area contributed by atoms with Crippen molar-refractivity contribution in [3.63, 3.8) is 0 Å². The first-order valence-corrected chi connectivity index (χ1v) is 14.4. The van der Waals surface area contributed by atoms with E-state index in [-0.39, 0.29) is 44.6 Å². The van der Waals surface area contributed by atoms with Gasteiger partial charge in [-0.05, 0) is 50.3 Å². The van der Waals surface area contributed by atoms with Gasteiger partial charge in [0, 0.05) is 36.5 Å². The van der Waals surface area contributed by atoms with Crippen LogP contribution in [0.4, 0.5) is 0 Å². The number of amides is 4. The molecular formula is C28H44N10O6. The number of primary amides is 1. The Bertz CT molecular complexity index is 1310. The van der Waals surface area contributed by atoms with E-state index in [9.17, 15) is 29.1 Å². The van der Waals surface area contributed by atoms with Crippen molar-refractivity contribution < 1.29 is 29.1 Å². The Hall–Kier alpha value is -4.70. The quantitative estimate of drug-likeness (QED) is 0.0444. The van der Waals surface area contributed by atoms with Gasteiger partial charge in [0.05, 0.1) is 6.04 Å². The van der Waals surface area contributed by atoms with E-state index in [2.05, 4.69) is 25.9 Å². The Morgan fingerprint density at radius 2 is 1.50 bits per heavy atom. The molecule has 1 heterocycles. The summed E-state index contributed by atoms with van der Waals surface area (Å²) in [5, 5.41) is 18.1. The number of carboxylic acids is 1. The maximum Gasteiger partial charge on any atom is 0.326 e. The molecule has 44 heavy (non-hydrogen) atoms. The molecule has 0 saturated carbocycles. The molecular weight excluding hydrogens is 572 g/mol. The van der Waals surface area contributed by atoms with E-state index in [0.29, 0.717) is 25.8 Å². The predicted octanol–water partition coefficient (Wildman–Crippen LogP) is -1.98. The molecule has 4 amide bonds. The topological polar surface area (TPSA) is 300 Å². The van der Waals surface area contributed by atoms with Gasteiger partial charge in [-0.2, -0.15) is 0 Å². The minimum Gasteiger partial charge on any atom is -0.480 e. The van der Waals surface area contributed by atoms with E-state index in [1.807, 2.05) is 24.3 Å². The highest BCUT2D eigenvalue weighted by atomic mass is 16.4. The number of aliphatic imine (C=N–C) groups is 1. The highest BCUT2D eigenvalue weighted by Crippen LogP contribution is 2.19. The summed E-state index contributed by atoms with van der Waals surface area (Å²) >= 11 is 0. The molecule has 1 aromatic carbocycles. The fraction of sp³-hybridized carbons (Fsp3) is 0.500. The number of fused-ring (bicyclic) bond motifs is 1. The molecule has 0 spiro atoms. The lowest BCUT2D eigenvalue weighted by Gasteiger charge is -2.25. The first-order chi connectivity index (χ1) is 20.9. The van der Waals surface area contributed by atoms with Gasteiger partial charge in [0.1, 0.15) is 18.1 Å². The lowest BCUT2D eigenvalue weighted by atomic mass is 10.0. The predicted molar refractivity (Wildman–Crippen MR) is 165 cm³/mol. The molecule has 0 aliphatic heterocycles. The Balaban J connectivity index is 2.26. The Morgan fingerprint density at radius 3 is 2.16 bits per heavy atom. The second-order valence-corrected chi connectivity index (χ2v) is 10.4. The van der Waals surface area contributed by atoms with Crippen LogP contribution < -0.4 is 44.6 Å². The average molecular weight is 617 g/mol. The average Bonchev–Trinajstić information content (AvgIpc) is 3.38. The molecule has 0 saturated heterocycles. The zero-order chi connectivity index (χ0) is 32.6. The minimum atomic E-state index is -1.34. The number of hydrogen-bond acceptors (Lipinski definition) is 8. The first-order valence-electron chi connectivity index (χ1n) is 14.4. The normalized spacial score (nSPS) is 13.7. The van der Waals surface area contributed by atoms with Crippen molar-refractivity contribution in [2.24, 2.45) is 33.7 Å². The number of guanidine groups is 1. The van der Waals surface area contributed by atoms with E-state index in [0.717, 1.165) is 16.5 Å². The summed E-state index contributed by atoms with van der Waals surface area (Å²) in [6, 6.07) is 2.68. The van der Waals surface area contributed by atoms with Gasteiger partial charge in [-0.1, -0.05) is 24.6 Å². The van der Waals surface area contributed by atoms with Crippen molar-refractivity contribution in [2.45, 2.75) is 75.5 Å². The Labute approximate surface area is 254 Å². The lowest BCUT2D eigenvalue weighted by Crippen LogP contribution is -2.57. The van der Waals surface area contributed by atoms with Gasteiger partial charge in [-0.25, -0.2) is 4.79 Å². The fourth-order valence-electron chi connectivity index (χ4n) is 4.51. The van der Waals surface area contributed by atoms with Crippen molar-refractivity contribution in [3.8, 4) is 0 Å². The number of benzene rings is 1. The Kier molecular flexibility index (Phi) is 14.6. The number of nitrogens with one attached hydrogen (secondary N) is 4. The molecule has 2 aromatic rings. The van der Waals surface area contributed by atoms with Crippen molar-refractivity contribution in [1.82, 2.24) is 20.9 Å². The number of H-pyrrole nitrogens is 1. The third-order valence-electron chi connectivity index (χ3n) is 6.91. The zero-order valence-corrected chi connectivity index (χ0v) is 24.6. The number of aromatic nitrogens is 1. The standard InChI is InChI=1S/C28H44N10O6/c29-12-4-3-7-18(30)24(40)38-22(14-16-15-35-19-8-2-1-6-17(16)19)26(42)36-20(10-11-23(31)39)25(41)37-21(27(43)44)9-5-13-34-28(32)33/h1-2,6,8,15,18,20-22,35H,3-5,7,9-14,29-30H2,(H2,31,39)(H,36,42)(H,37,41)(H,38,40)(H,43,44)(H4,32,33,34). The van der Waals surface area contributed by atoms with E-state index >= 15 is 0 Å². The monoisotopic (exact) mass is 616 g/mol. The van der Waals surface area contributed by atoms with Gasteiger partial charge < -0.3 is 54.7 Å². The summed E-state index contributed by atoms with van der Waals surface area (Å²) in [6.45, 7) is 0.598. The molecule has 2 rings (SSSR count). The molecule has 4 atom stereocenters. The van der Waals surface area contributed by atoms with E-state index in [1.165, 1.54) is 0 Å². The number of hydrogen-bond donors (Lipinski definition) is 10. The highest BCUT2D eigenvalue weighted by Gasteiger charge is 2.31. The van der Waals surface area contributed by atoms with E-state index < -0.39 is 53.8 Å². The summed E-state index contributed by atoms with van der Waals surface area (Å²) in [5.41, 5.74) is 29.0. The van der Waals surface area contributed by atoms with Crippen LogP contribution in [0.5, 0.6) is 0 Å². The van der Waals surface area contributed by atoms with Crippen molar-refractivity contribution in [1.29, 1.82) is 0 Å². The zero-order valence-electron chi connectivity index (χ0n) is 24.6. The molecule has 242 valence electrons. The van der Waals surface area contributed by atoms with Crippen LogP contribution in [0.3, 0.4) is 0 Å². The number of nitrogens with zero attached hydrogens (tertiary/aromatic N) is 1. The number of unbranched alkanes of at least 4 members (excludes halogenated alkanes) is 1. The molecule has 4 unspecified atom stereocenters. The van der Waals surface area contributed by atoms with Crippen LogP contribution in [0.15, 0.2) is 35.5 Å². The van der Waals surface area contributed by atoms with Crippen molar-refractivity contribution in [2.75, 3.05) is 13.1 Å². The number of aromatic amines is 1. The van der Waals surface area contributed by atoms with Gasteiger partial charge in [0.2, 0.25) is 23.6 Å². The Morgan fingerprint density at radius 1 is 0.841 bits per heavy atom. The summed E-state index contributed by atoms with van der Waals surface area (Å²) in [4.78, 5) is 70.1. The van der Waals surface area contributed by atoms with Crippen molar-refractivity contribution >= 4 is 46.5 Å². The number of carbonyl (C=O) groups excluding carboxylic acids is 4. The molecule has 15 N–H and O–H groups in total. The lowest BCUT2D eigenvalue weighted by molar-refractivity contribution is -0.142. The van der Waals surface area contributed by atoms with Gasteiger partial charge in [-0.3, -0.25) is 24.2 Å². The van der Waals surface area contributed by atoms with Crippen LogP contribution in [-0.2, 0) is 30.4 Å². The smallest absolute Gasteiger partial charge is 0.326 e. The summed E-state index contributed by atoms with van der Waals surface area (Å²) in [5.74, 6) is -4.33. The highest BCUT2D eigenvalue weighted by molar-refractivity contribution is 5.95. The van der Waals surface area contributed by atoms with Crippen LogP contribution in [0, 0.1) is 0 Å². The van der Waals surface area contributed by atoms with Crippen LogP contribution in [0.2, 0.25) is 0 Å². The summed E-state index contributed by atoms with van der Waals surface area (Å²) < 4.78 is 0. The third kappa shape index (κ3) is 11.9. The molecule has 0 bridgehead atoms. The first kappa shape index (κ1) is 35.5. The van der Waals surface area contributed by atoms with Gasteiger partial charge in [0.25, 0.3) is 0 Å². The number of carbonyl (C=O) groups is 5. The number of rotatable bonds is 20. The summed E-state index contributed by atoms with van der Waals surface area (Å²) in [6.07, 6.45) is 3.19. The second-order valence-electron chi connectivity index (χ2n) is 10.4. The number of para-hydroxylation sites is 1. The van der Waals surface area contributed by atoms with Crippen LogP contribution in [-0.4, -0.2) is 82.9 Å². The maximum absolute atomic E-state index is 13.6. The van der Waals surface area contributed by atoms with Crippen molar-refractivity contribution in [3.05, 3.63) is 36.0 Å². The van der Waals surface area contributed by atoms with Gasteiger partial charge >= 0.3 is 5.97 Å². The molecule has 16 heteroatoms. The fourth-order valence-corrected chi connectivity index (χ4v) is 4.51. The van der Waals surface area contributed by atoms with Crippen LogP contribution >= 0.6 is 0 Å². The van der Waals surface area contributed by atoms with Gasteiger partial charge in [0.15, 0.2) is 5.96 Å². The molecule has 1 aromatic heterocycles. The minimum absolute atomic E-state index is 0.00434. The number of nitrogens with two attached hydrogens (primary N) is 5. The van der Waals surface area contributed by atoms with Crippen LogP contribution in [0.1, 0.15) is 50.5 Å². The largest absolute Gasteiger partial charge is 0.480 e. The number of carboxylic acid groups (broad SMARTS) is 1. The SMILES string of the molecule is NCCCCC(N)C(=O)NC(Cc1c[nH]c2ccccc12)C(=O)NC(CCC(N)=O)C(=O)NC(CCCN=C(N)N)C(=O)O. The third-order valence-corrected chi connectivity index (χ3v) is 6.91. The molecule has 0 aliphatic rings. The van der Waals surface area contributed by atoms with Crippen LogP contribution in [0.25, 0.3) is 10.9 Å². The number of aliphatic carboxylic acids is 1. The van der Waals surface area contributed by atoms with E-state index in [1.54, 1.807) is 6.20 Å². The van der Waals surface area contributed by atoms with Gasteiger partial charge in [-0.15, -0.1) is 0 Å².